The Bertz CT molecular complexity index is 403. The fourth-order valence-corrected chi connectivity index (χ4v) is 2.34. The lowest BCUT2D eigenvalue weighted by Gasteiger charge is -2.24. The van der Waals surface area contributed by atoms with Crippen molar-refractivity contribution in [3.63, 3.8) is 0 Å². The van der Waals surface area contributed by atoms with Crippen molar-refractivity contribution in [2.75, 3.05) is 39.1 Å². The molecule has 0 heterocycles. The van der Waals surface area contributed by atoms with Crippen LogP contribution in [-0.4, -0.2) is 39.1 Å². The zero-order valence-electron chi connectivity index (χ0n) is 9.83. The van der Waals surface area contributed by atoms with Crippen LogP contribution in [0.3, 0.4) is 0 Å². The van der Waals surface area contributed by atoms with Gasteiger partial charge in [-0.1, -0.05) is 24.4 Å². The number of nitrogens with zero attached hydrogens (tertiary/aromatic N) is 2. The molecule has 0 amide bonds. The topological polar surface area (TPSA) is 6.48 Å². The summed E-state index contributed by atoms with van der Waals surface area (Å²) in [5, 5.41) is 0. The lowest BCUT2D eigenvalue weighted by Crippen LogP contribution is -2.25. The van der Waals surface area contributed by atoms with Gasteiger partial charge in [0.2, 0.25) is 0 Å². The summed E-state index contributed by atoms with van der Waals surface area (Å²) < 4.78 is 1.74. The van der Waals surface area contributed by atoms with Crippen LogP contribution >= 0.6 is 24.4 Å². The summed E-state index contributed by atoms with van der Waals surface area (Å²) in [6.07, 6.45) is 1.15. The first-order valence-electron chi connectivity index (χ1n) is 5.11. The maximum atomic E-state index is 5.23. The summed E-state index contributed by atoms with van der Waals surface area (Å²) in [5.41, 5.74) is 2.36. The maximum Gasteiger partial charge on any atom is 0.0797 e. The van der Waals surface area contributed by atoms with Gasteiger partial charge in [0, 0.05) is 13.6 Å². The van der Waals surface area contributed by atoms with Crippen LogP contribution in [0, 0.1) is 15.9 Å². The van der Waals surface area contributed by atoms with Gasteiger partial charge in [-0.05, 0) is 39.5 Å². The highest BCUT2D eigenvalue weighted by Gasteiger charge is 2.13. The van der Waals surface area contributed by atoms with Gasteiger partial charge >= 0.3 is 0 Å². The quantitative estimate of drug-likeness (QED) is 0.732. The molecule has 0 N–H and O–H groups in total. The number of anilines is 1. The van der Waals surface area contributed by atoms with Crippen LogP contribution in [0.2, 0.25) is 0 Å². The molecule has 0 aromatic heterocycles. The monoisotopic (exact) mass is 242 g/mol. The summed E-state index contributed by atoms with van der Waals surface area (Å²) in [7, 11) is 6.27. The van der Waals surface area contributed by atoms with Gasteiger partial charge in [-0.3, -0.25) is 0 Å². The third kappa shape index (κ3) is 2.83. The van der Waals surface area contributed by atoms with Crippen molar-refractivity contribution in [3.8, 4) is 0 Å². The minimum Gasteiger partial charge on any atom is -0.373 e. The Morgan fingerprint density at radius 3 is 2.07 bits per heavy atom. The summed E-state index contributed by atoms with van der Waals surface area (Å²) in [6, 6.07) is 0. The fourth-order valence-electron chi connectivity index (χ4n) is 1.69. The van der Waals surface area contributed by atoms with Gasteiger partial charge < -0.3 is 9.80 Å². The lowest BCUT2D eigenvalue weighted by atomic mass is 10.1. The summed E-state index contributed by atoms with van der Waals surface area (Å²) in [4.78, 5) is 4.41. The maximum absolute atomic E-state index is 5.23. The van der Waals surface area contributed by atoms with Crippen molar-refractivity contribution < 1.29 is 0 Å². The van der Waals surface area contributed by atoms with Gasteiger partial charge in [0.1, 0.15) is 0 Å². The molecule has 0 unspecified atom stereocenters. The number of rotatable bonds is 5. The molecule has 0 aliphatic rings. The van der Waals surface area contributed by atoms with Gasteiger partial charge in [0.15, 0.2) is 0 Å². The van der Waals surface area contributed by atoms with E-state index >= 15 is 0 Å². The number of hydrogen-bond donors (Lipinski definition) is 0. The first-order valence-corrected chi connectivity index (χ1v) is 5.92. The van der Waals surface area contributed by atoms with Crippen molar-refractivity contribution in [2.45, 2.75) is 13.3 Å². The molecular formula is C11H18N2S2. The third-order valence-electron chi connectivity index (χ3n) is 2.60. The van der Waals surface area contributed by atoms with Crippen LogP contribution < -0.4 is 4.90 Å². The standard InChI is InChI=1S/C11H18N2S2/c1-8-9(11(15)10(8)14)13(4)7-5-6-12(2)3/h5-7H2,1-4H3. The predicted octanol–water partition coefficient (Wildman–Crippen LogP) is 2.72. The first-order chi connectivity index (χ1) is 6.95. The van der Waals surface area contributed by atoms with E-state index in [1.54, 1.807) is 0 Å². The highest BCUT2D eigenvalue weighted by atomic mass is 32.1. The van der Waals surface area contributed by atoms with Crippen molar-refractivity contribution in [1.29, 1.82) is 0 Å². The van der Waals surface area contributed by atoms with E-state index in [1.165, 1.54) is 11.3 Å². The van der Waals surface area contributed by atoms with E-state index in [2.05, 4.69) is 37.9 Å². The van der Waals surface area contributed by atoms with E-state index in [0.717, 1.165) is 28.5 Å². The normalized spacial score (nSPS) is 11.3. The first kappa shape index (κ1) is 12.7. The molecule has 0 radical (unpaired) electrons. The zero-order valence-corrected chi connectivity index (χ0v) is 11.5. The predicted molar refractivity (Wildman–Crippen MR) is 71.7 cm³/mol. The molecular weight excluding hydrogens is 224 g/mol. The number of hydrogen-bond acceptors (Lipinski definition) is 4. The van der Waals surface area contributed by atoms with Crippen LogP contribution in [0.15, 0.2) is 0 Å². The lowest BCUT2D eigenvalue weighted by molar-refractivity contribution is 0.401. The smallest absolute Gasteiger partial charge is 0.0797 e. The van der Waals surface area contributed by atoms with E-state index < -0.39 is 0 Å². The van der Waals surface area contributed by atoms with Crippen molar-refractivity contribution >= 4 is 30.1 Å². The Labute approximate surface area is 102 Å². The fraction of sp³-hybridized carbons (Fsp3) is 0.636. The van der Waals surface area contributed by atoms with E-state index in [-0.39, 0.29) is 0 Å². The van der Waals surface area contributed by atoms with Crippen LogP contribution in [0.5, 0.6) is 0 Å². The Morgan fingerprint density at radius 1 is 1.00 bits per heavy atom. The highest BCUT2D eigenvalue weighted by Crippen LogP contribution is 2.28. The van der Waals surface area contributed by atoms with Crippen molar-refractivity contribution in [3.05, 3.63) is 14.6 Å². The molecule has 1 aromatic rings. The zero-order chi connectivity index (χ0) is 11.6. The second kappa shape index (κ2) is 5.14. The van der Waals surface area contributed by atoms with Gasteiger partial charge in [-0.2, -0.15) is 0 Å². The molecule has 0 fully saturated rings. The summed E-state index contributed by atoms with van der Waals surface area (Å²) in [6.45, 7) is 4.19. The van der Waals surface area contributed by atoms with Gasteiger partial charge in [-0.25, -0.2) is 0 Å². The average Bonchev–Trinajstić information content (AvgIpc) is 2.17. The second-order valence-electron chi connectivity index (χ2n) is 4.21. The minimum atomic E-state index is 0.870. The average molecular weight is 242 g/mol. The van der Waals surface area contributed by atoms with Crippen LogP contribution in [0.1, 0.15) is 12.0 Å². The molecule has 0 bridgehead atoms. The molecule has 2 nitrogen and oxygen atoms in total. The Hall–Kier alpha value is -0.320. The van der Waals surface area contributed by atoms with Crippen LogP contribution in [0.4, 0.5) is 5.69 Å². The Morgan fingerprint density at radius 2 is 1.60 bits per heavy atom. The second-order valence-corrected chi connectivity index (χ2v) is 5.03. The van der Waals surface area contributed by atoms with Crippen molar-refractivity contribution in [2.24, 2.45) is 0 Å². The van der Waals surface area contributed by atoms with E-state index in [4.69, 9.17) is 24.4 Å². The largest absolute Gasteiger partial charge is 0.373 e. The highest BCUT2D eigenvalue weighted by molar-refractivity contribution is 7.74. The molecule has 0 saturated heterocycles. The Balaban J connectivity index is 2.52. The van der Waals surface area contributed by atoms with Crippen LogP contribution in [0.25, 0.3) is 0 Å². The van der Waals surface area contributed by atoms with Crippen LogP contribution in [-0.2, 0) is 0 Å². The summed E-state index contributed by atoms with van der Waals surface area (Å²) in [5.74, 6) is 0. The molecule has 0 aliphatic heterocycles. The van der Waals surface area contributed by atoms with E-state index in [0.29, 0.717) is 0 Å². The SMILES string of the molecule is Cc1c(N(C)CCCN(C)C)c(=S)c1=S. The molecule has 0 atom stereocenters. The molecule has 15 heavy (non-hydrogen) atoms. The molecule has 0 spiro atoms. The van der Waals surface area contributed by atoms with Gasteiger partial charge in [0.25, 0.3) is 0 Å². The van der Waals surface area contributed by atoms with E-state index in [9.17, 15) is 0 Å². The third-order valence-corrected chi connectivity index (χ3v) is 3.63. The minimum absolute atomic E-state index is 0.870. The van der Waals surface area contributed by atoms with Crippen molar-refractivity contribution in [1.82, 2.24) is 4.90 Å². The summed E-state index contributed by atoms with van der Waals surface area (Å²) >= 11 is 10.4. The molecule has 84 valence electrons. The molecule has 1 aromatic carbocycles. The molecule has 1 rings (SSSR count). The molecule has 0 aliphatic carbocycles. The van der Waals surface area contributed by atoms with Gasteiger partial charge in [0.05, 0.1) is 14.7 Å². The molecule has 4 heteroatoms. The molecule has 0 saturated carbocycles. The van der Waals surface area contributed by atoms with Gasteiger partial charge in [-0.15, -0.1) is 0 Å². The Kier molecular flexibility index (Phi) is 4.37. The van der Waals surface area contributed by atoms with E-state index in [1.807, 2.05) is 0 Å².